The number of hydrogen-bond donors (Lipinski definition) is 1. The zero-order valence-corrected chi connectivity index (χ0v) is 13.5. The van der Waals surface area contributed by atoms with Gasteiger partial charge in [-0.2, -0.15) is 0 Å². The zero-order valence-electron chi connectivity index (χ0n) is 9.61. The quantitative estimate of drug-likeness (QED) is 0.320. The van der Waals surface area contributed by atoms with Crippen LogP contribution in [0.1, 0.15) is 45.4 Å². The Morgan fingerprint density at radius 1 is 1.20 bits per heavy atom. The molecule has 0 aromatic rings. The molecule has 0 radical (unpaired) electrons. The first-order chi connectivity index (χ1) is 6.45. The average molecular weight is 262 g/mol. The smallest absolute Gasteiger partial charge is 0.748 e. The van der Waals surface area contributed by atoms with E-state index in [1.165, 1.54) is 0 Å². The first-order valence-corrected chi connectivity index (χ1v) is 6.65. The summed E-state index contributed by atoms with van der Waals surface area (Å²) in [6.07, 6.45) is 4.62. The molecule has 1 N–H and O–H groups in total. The normalized spacial score (nSPS) is 13.3. The molecule has 0 spiro atoms. The van der Waals surface area contributed by atoms with Gasteiger partial charge in [0.15, 0.2) is 0 Å². The van der Waals surface area contributed by atoms with E-state index in [0.717, 1.165) is 32.1 Å². The first-order valence-electron chi connectivity index (χ1n) is 5.07. The molecule has 0 rings (SSSR count). The fourth-order valence-electron chi connectivity index (χ4n) is 1.30. The molecular weight excluding hydrogens is 243 g/mol. The second-order valence-corrected chi connectivity index (χ2v) is 5.03. The maximum atomic E-state index is 10.3. The molecule has 6 heteroatoms. The van der Waals surface area contributed by atoms with E-state index >= 15 is 0 Å². The van der Waals surface area contributed by atoms with Crippen LogP contribution in [0.25, 0.3) is 0 Å². The summed E-state index contributed by atoms with van der Waals surface area (Å²) < 4.78 is 30.8. The van der Waals surface area contributed by atoms with Gasteiger partial charge in [0, 0.05) is 0 Å². The second kappa shape index (κ2) is 10.6. The molecule has 1 atom stereocenters. The fourth-order valence-corrected chi connectivity index (χ4v) is 1.94. The molecule has 0 saturated carbocycles. The van der Waals surface area contributed by atoms with Gasteiger partial charge in [-0.3, -0.25) is 0 Å². The third-order valence-corrected chi connectivity index (χ3v) is 2.83. The second-order valence-electron chi connectivity index (χ2n) is 3.58. The summed E-state index contributed by atoms with van der Waals surface area (Å²) in [5, 5.41) is 9.16. The summed E-state index contributed by atoms with van der Waals surface area (Å²) in [5.74, 6) is -0.652. The van der Waals surface area contributed by atoms with Crippen molar-refractivity contribution in [3.8, 4) is 0 Å². The number of aliphatic hydroxyl groups excluding tert-OH is 1. The summed E-state index contributed by atoms with van der Waals surface area (Å²) in [7, 11) is -4.27. The fraction of sp³-hybridized carbons (Fsp3) is 1.00. The standard InChI is InChI=1S/C9H20O4S.K/c1-2-3-4-5-6-7-9(10)8-14(11,12)13;/h9-10H,2-8H2,1H3,(H,11,12,13);/q;+1/p-1. The van der Waals surface area contributed by atoms with Crippen molar-refractivity contribution in [2.75, 3.05) is 5.75 Å². The van der Waals surface area contributed by atoms with Gasteiger partial charge in [0.05, 0.1) is 22.0 Å². The molecule has 0 aliphatic rings. The predicted octanol–water partition coefficient (Wildman–Crippen LogP) is -1.74. The Hall–Kier alpha value is 1.51. The summed E-state index contributed by atoms with van der Waals surface area (Å²) in [5.41, 5.74) is 0. The summed E-state index contributed by atoms with van der Waals surface area (Å²) in [6, 6.07) is 0. The minimum absolute atomic E-state index is 0. The third kappa shape index (κ3) is 15.5. The molecule has 0 bridgehead atoms. The van der Waals surface area contributed by atoms with E-state index in [1.807, 2.05) is 0 Å². The van der Waals surface area contributed by atoms with E-state index in [9.17, 15) is 13.0 Å². The van der Waals surface area contributed by atoms with Crippen LogP contribution in [0.2, 0.25) is 0 Å². The van der Waals surface area contributed by atoms with Gasteiger partial charge < -0.3 is 9.66 Å². The van der Waals surface area contributed by atoms with Crippen molar-refractivity contribution in [1.29, 1.82) is 0 Å². The van der Waals surface area contributed by atoms with Crippen LogP contribution >= 0.6 is 0 Å². The van der Waals surface area contributed by atoms with Gasteiger partial charge >= 0.3 is 51.4 Å². The Bertz CT molecular complexity index is 228. The molecule has 0 aliphatic heterocycles. The van der Waals surface area contributed by atoms with Crippen molar-refractivity contribution >= 4 is 10.1 Å². The van der Waals surface area contributed by atoms with Gasteiger partial charge in [-0.1, -0.05) is 39.0 Å². The molecule has 15 heavy (non-hydrogen) atoms. The van der Waals surface area contributed by atoms with E-state index in [0.29, 0.717) is 6.42 Å². The van der Waals surface area contributed by atoms with Crippen LogP contribution in [-0.2, 0) is 10.1 Å². The monoisotopic (exact) mass is 262 g/mol. The van der Waals surface area contributed by atoms with Crippen LogP contribution in [0.3, 0.4) is 0 Å². The van der Waals surface area contributed by atoms with E-state index in [-0.39, 0.29) is 51.4 Å². The molecule has 0 aliphatic carbocycles. The minimum Gasteiger partial charge on any atom is -0.748 e. The van der Waals surface area contributed by atoms with E-state index in [4.69, 9.17) is 5.11 Å². The van der Waals surface area contributed by atoms with Crippen LogP contribution < -0.4 is 51.4 Å². The molecule has 4 nitrogen and oxygen atoms in total. The Kier molecular flexibility index (Phi) is 13.4. The molecule has 0 amide bonds. The number of rotatable bonds is 8. The minimum atomic E-state index is -4.27. The molecule has 86 valence electrons. The topological polar surface area (TPSA) is 77.4 Å². The van der Waals surface area contributed by atoms with Gasteiger partial charge in [-0.05, 0) is 6.42 Å². The summed E-state index contributed by atoms with van der Waals surface area (Å²) >= 11 is 0. The molecule has 0 fully saturated rings. The number of aliphatic hydroxyl groups is 1. The van der Waals surface area contributed by atoms with Crippen molar-refractivity contribution < 1.29 is 69.5 Å². The van der Waals surface area contributed by atoms with Crippen molar-refractivity contribution in [3.05, 3.63) is 0 Å². The molecular formula is C9H19KO4S. The summed E-state index contributed by atoms with van der Waals surface area (Å²) in [4.78, 5) is 0. The Balaban J connectivity index is 0. The van der Waals surface area contributed by atoms with Crippen LogP contribution in [0.15, 0.2) is 0 Å². The predicted molar refractivity (Wildman–Crippen MR) is 53.9 cm³/mol. The van der Waals surface area contributed by atoms with Crippen molar-refractivity contribution in [3.63, 3.8) is 0 Å². The van der Waals surface area contributed by atoms with Gasteiger partial charge in [0.2, 0.25) is 0 Å². The Labute approximate surface area is 135 Å². The zero-order chi connectivity index (χ0) is 11.0. The number of hydrogen-bond acceptors (Lipinski definition) is 4. The summed E-state index contributed by atoms with van der Waals surface area (Å²) in [6.45, 7) is 2.11. The molecule has 0 heterocycles. The van der Waals surface area contributed by atoms with Gasteiger partial charge in [-0.15, -0.1) is 0 Å². The first kappa shape index (κ1) is 18.9. The molecule has 0 aromatic heterocycles. The van der Waals surface area contributed by atoms with E-state index in [2.05, 4.69) is 6.92 Å². The average Bonchev–Trinajstić information content (AvgIpc) is 2.00. The van der Waals surface area contributed by atoms with Crippen molar-refractivity contribution in [2.24, 2.45) is 0 Å². The van der Waals surface area contributed by atoms with Crippen molar-refractivity contribution in [2.45, 2.75) is 51.6 Å². The number of unbranched alkanes of at least 4 members (excludes halogenated alkanes) is 4. The SMILES string of the molecule is CCCCCCCC(O)CS(=O)(=O)[O-].[K+]. The molecule has 1 unspecified atom stereocenters. The maximum Gasteiger partial charge on any atom is 1.00 e. The van der Waals surface area contributed by atoms with E-state index < -0.39 is 22.0 Å². The van der Waals surface area contributed by atoms with Crippen LogP contribution in [-0.4, -0.2) is 29.9 Å². The van der Waals surface area contributed by atoms with Crippen LogP contribution in [0.5, 0.6) is 0 Å². The molecule has 0 saturated heterocycles. The van der Waals surface area contributed by atoms with Crippen LogP contribution in [0, 0.1) is 0 Å². The van der Waals surface area contributed by atoms with E-state index in [1.54, 1.807) is 0 Å². The third-order valence-electron chi connectivity index (χ3n) is 2.04. The largest absolute Gasteiger partial charge is 1.00 e. The van der Waals surface area contributed by atoms with Gasteiger partial charge in [0.1, 0.15) is 0 Å². The molecule has 0 aromatic carbocycles. The van der Waals surface area contributed by atoms with Gasteiger partial charge in [0.25, 0.3) is 0 Å². The van der Waals surface area contributed by atoms with Crippen LogP contribution in [0.4, 0.5) is 0 Å². The maximum absolute atomic E-state index is 10.3. The Morgan fingerprint density at radius 3 is 2.20 bits per heavy atom. The van der Waals surface area contributed by atoms with Crippen molar-refractivity contribution in [1.82, 2.24) is 0 Å². The Morgan fingerprint density at radius 2 is 1.73 bits per heavy atom. The van der Waals surface area contributed by atoms with Gasteiger partial charge in [-0.25, -0.2) is 8.42 Å².